The minimum atomic E-state index is -0.428. The molecule has 0 aliphatic heterocycles. The van der Waals surface area contributed by atoms with Crippen molar-refractivity contribution in [3.63, 3.8) is 0 Å². The van der Waals surface area contributed by atoms with Gasteiger partial charge in [-0.15, -0.1) is 11.3 Å². The van der Waals surface area contributed by atoms with Gasteiger partial charge >= 0.3 is 0 Å². The lowest BCUT2D eigenvalue weighted by Gasteiger charge is -2.20. The maximum atomic E-state index is 10.7. The summed E-state index contributed by atoms with van der Waals surface area (Å²) in [5.74, 6) is 0. The molecule has 3 aromatic rings. The van der Waals surface area contributed by atoms with Crippen molar-refractivity contribution in [2.24, 2.45) is 0 Å². The van der Waals surface area contributed by atoms with E-state index in [1.165, 1.54) is 12.1 Å². The highest BCUT2D eigenvalue weighted by molar-refractivity contribution is 7.80. The smallest absolute Gasteiger partial charge is 0.269 e. The topological polar surface area (TPSA) is 67.2 Å². The fraction of sp³-hybridized carbons (Fsp3) is 0.0556. The number of anilines is 1. The molecule has 126 valence electrons. The van der Waals surface area contributed by atoms with Crippen LogP contribution in [0.5, 0.6) is 0 Å². The lowest BCUT2D eigenvalue weighted by atomic mass is 10.1. The molecule has 1 aromatic heterocycles. The second kappa shape index (κ2) is 7.87. The molecule has 0 radical (unpaired) electrons. The molecule has 0 aliphatic rings. The van der Waals surface area contributed by atoms with Gasteiger partial charge in [-0.2, -0.15) is 0 Å². The highest BCUT2D eigenvalue weighted by Gasteiger charge is 2.16. The first-order valence-corrected chi connectivity index (χ1v) is 8.82. The van der Waals surface area contributed by atoms with Gasteiger partial charge in [-0.25, -0.2) is 0 Å². The molecule has 0 saturated heterocycles. The van der Waals surface area contributed by atoms with E-state index in [4.69, 9.17) is 12.2 Å². The molecule has 7 heteroatoms. The van der Waals surface area contributed by atoms with E-state index in [1.54, 1.807) is 23.5 Å². The molecular weight excluding hydrogens is 354 g/mol. The quantitative estimate of drug-likeness (QED) is 0.386. The Bertz CT molecular complexity index is 850. The molecule has 1 heterocycles. The van der Waals surface area contributed by atoms with E-state index in [2.05, 4.69) is 16.7 Å². The van der Waals surface area contributed by atoms with E-state index >= 15 is 0 Å². The third-order valence-corrected chi connectivity index (χ3v) is 4.73. The van der Waals surface area contributed by atoms with Crippen LogP contribution in [0.2, 0.25) is 0 Å². The molecule has 3 rings (SSSR count). The summed E-state index contributed by atoms with van der Waals surface area (Å²) < 4.78 is 0. The largest absolute Gasteiger partial charge is 0.351 e. The molecule has 0 fully saturated rings. The summed E-state index contributed by atoms with van der Waals surface area (Å²) in [6.07, 6.45) is 0. The van der Waals surface area contributed by atoms with Gasteiger partial charge in [-0.05, 0) is 41.4 Å². The van der Waals surface area contributed by atoms with E-state index in [0.29, 0.717) is 10.8 Å². The molecule has 0 unspecified atom stereocenters. The minimum absolute atomic E-state index is 0.0465. The number of non-ortho nitro benzene ring substituents is 1. The SMILES string of the molecule is O=[N+]([O-])c1ccc(NC(=S)N[C@H](c2ccccc2)c2cccs2)cc1. The Morgan fingerprint density at radius 2 is 1.76 bits per heavy atom. The first kappa shape index (κ1) is 17.1. The van der Waals surface area contributed by atoms with Crippen molar-refractivity contribution in [2.75, 3.05) is 5.32 Å². The van der Waals surface area contributed by atoms with Crippen molar-refractivity contribution in [1.29, 1.82) is 0 Å². The molecule has 1 atom stereocenters. The van der Waals surface area contributed by atoms with Crippen LogP contribution in [0, 0.1) is 10.1 Å². The van der Waals surface area contributed by atoms with Crippen molar-refractivity contribution in [2.45, 2.75) is 6.04 Å². The Morgan fingerprint density at radius 1 is 1.04 bits per heavy atom. The summed E-state index contributed by atoms with van der Waals surface area (Å²) in [6, 6.07) is 20.2. The molecule has 0 aliphatic carbocycles. The van der Waals surface area contributed by atoms with Crippen molar-refractivity contribution >= 4 is 40.0 Å². The van der Waals surface area contributed by atoms with Gasteiger partial charge in [0.1, 0.15) is 0 Å². The highest BCUT2D eigenvalue weighted by atomic mass is 32.1. The van der Waals surface area contributed by atoms with Gasteiger partial charge < -0.3 is 10.6 Å². The van der Waals surface area contributed by atoms with Crippen LogP contribution in [0.4, 0.5) is 11.4 Å². The van der Waals surface area contributed by atoms with E-state index in [1.807, 2.05) is 41.8 Å². The summed E-state index contributed by atoms with van der Waals surface area (Å²) in [5.41, 5.74) is 1.85. The fourth-order valence-corrected chi connectivity index (χ4v) is 3.42. The Kier molecular flexibility index (Phi) is 5.37. The minimum Gasteiger partial charge on any atom is -0.351 e. The molecule has 0 spiro atoms. The van der Waals surface area contributed by atoms with Crippen LogP contribution >= 0.6 is 23.6 Å². The predicted octanol–water partition coefficient (Wildman–Crippen LogP) is 4.73. The van der Waals surface area contributed by atoms with Gasteiger partial charge in [-0.3, -0.25) is 10.1 Å². The lowest BCUT2D eigenvalue weighted by Crippen LogP contribution is -2.32. The number of nitrogens with zero attached hydrogens (tertiary/aromatic N) is 1. The highest BCUT2D eigenvalue weighted by Crippen LogP contribution is 2.26. The van der Waals surface area contributed by atoms with Gasteiger partial charge in [0.15, 0.2) is 5.11 Å². The summed E-state index contributed by atoms with van der Waals surface area (Å²) in [7, 11) is 0. The normalized spacial score (nSPS) is 11.5. The number of nitro groups is 1. The third-order valence-electron chi connectivity index (χ3n) is 3.57. The van der Waals surface area contributed by atoms with Crippen molar-refractivity contribution in [3.8, 4) is 0 Å². The second-order valence-corrected chi connectivity index (χ2v) is 6.65. The van der Waals surface area contributed by atoms with Crippen molar-refractivity contribution in [1.82, 2.24) is 5.32 Å². The van der Waals surface area contributed by atoms with Crippen LogP contribution < -0.4 is 10.6 Å². The Hall–Kier alpha value is -2.77. The molecule has 2 N–H and O–H groups in total. The van der Waals surface area contributed by atoms with Crippen LogP contribution in [0.15, 0.2) is 72.1 Å². The van der Waals surface area contributed by atoms with Gasteiger partial charge in [0.25, 0.3) is 5.69 Å². The maximum Gasteiger partial charge on any atom is 0.269 e. The average molecular weight is 369 g/mol. The van der Waals surface area contributed by atoms with Crippen molar-refractivity contribution < 1.29 is 4.92 Å². The number of nitrogens with one attached hydrogen (secondary N) is 2. The van der Waals surface area contributed by atoms with Gasteiger partial charge in [0.2, 0.25) is 0 Å². The molecule has 25 heavy (non-hydrogen) atoms. The van der Waals surface area contributed by atoms with Crippen LogP contribution in [-0.2, 0) is 0 Å². The average Bonchev–Trinajstić information content (AvgIpc) is 3.15. The number of nitro benzene ring substituents is 1. The van der Waals surface area contributed by atoms with E-state index in [9.17, 15) is 10.1 Å². The van der Waals surface area contributed by atoms with Crippen LogP contribution in [0.25, 0.3) is 0 Å². The van der Waals surface area contributed by atoms with E-state index in [-0.39, 0.29) is 11.7 Å². The lowest BCUT2D eigenvalue weighted by molar-refractivity contribution is -0.384. The molecule has 0 bridgehead atoms. The predicted molar refractivity (Wildman–Crippen MR) is 105 cm³/mol. The molecule has 0 amide bonds. The maximum absolute atomic E-state index is 10.7. The van der Waals surface area contributed by atoms with Gasteiger partial charge in [0, 0.05) is 22.7 Å². The number of hydrogen-bond donors (Lipinski definition) is 2. The standard InChI is InChI=1S/C18H15N3O2S2/c22-21(23)15-10-8-14(9-11-15)19-18(24)20-17(16-7-4-12-25-16)13-5-2-1-3-6-13/h1-12,17H,(H2,19,20,24)/t17-/m1/s1. The summed E-state index contributed by atoms with van der Waals surface area (Å²) >= 11 is 7.07. The molecule has 2 aromatic carbocycles. The fourth-order valence-electron chi connectivity index (χ4n) is 2.38. The monoisotopic (exact) mass is 369 g/mol. The number of benzene rings is 2. The zero-order valence-corrected chi connectivity index (χ0v) is 14.7. The molecule has 5 nitrogen and oxygen atoms in total. The molecule has 0 saturated carbocycles. The zero-order valence-electron chi connectivity index (χ0n) is 13.1. The summed E-state index contributed by atoms with van der Waals surface area (Å²) in [5, 5.41) is 19.6. The van der Waals surface area contributed by atoms with E-state index < -0.39 is 4.92 Å². The summed E-state index contributed by atoms with van der Waals surface area (Å²) in [4.78, 5) is 11.4. The number of thiophene rings is 1. The van der Waals surface area contributed by atoms with Gasteiger partial charge in [-0.1, -0.05) is 36.4 Å². The number of thiocarbonyl (C=S) groups is 1. The van der Waals surface area contributed by atoms with E-state index in [0.717, 1.165) is 10.4 Å². The number of rotatable bonds is 5. The van der Waals surface area contributed by atoms with Crippen molar-refractivity contribution in [3.05, 3.63) is 92.7 Å². The van der Waals surface area contributed by atoms with Crippen LogP contribution in [-0.4, -0.2) is 10.0 Å². The Labute approximate surface area is 154 Å². The van der Waals surface area contributed by atoms with Gasteiger partial charge in [0.05, 0.1) is 11.0 Å². The third kappa shape index (κ3) is 4.40. The van der Waals surface area contributed by atoms with Crippen LogP contribution in [0.1, 0.15) is 16.5 Å². The van der Waals surface area contributed by atoms with Crippen LogP contribution in [0.3, 0.4) is 0 Å². The Balaban J connectivity index is 1.73. The number of hydrogen-bond acceptors (Lipinski definition) is 4. The Morgan fingerprint density at radius 3 is 2.36 bits per heavy atom. The zero-order chi connectivity index (χ0) is 17.6. The molecular formula is C18H15N3O2S2. The summed E-state index contributed by atoms with van der Waals surface area (Å²) in [6.45, 7) is 0. The first-order valence-electron chi connectivity index (χ1n) is 7.54. The first-order chi connectivity index (χ1) is 12.1. The second-order valence-electron chi connectivity index (χ2n) is 5.26.